The van der Waals surface area contributed by atoms with Crippen LogP contribution in [0, 0.1) is 10.1 Å². The number of nitrogens with zero attached hydrogens (tertiary/aromatic N) is 2. The van der Waals surface area contributed by atoms with Crippen molar-refractivity contribution in [1.29, 1.82) is 0 Å². The second kappa shape index (κ2) is 4.39. The molecule has 0 amide bonds. The van der Waals surface area contributed by atoms with Gasteiger partial charge in [-0.05, 0) is 11.6 Å². The Kier molecular flexibility index (Phi) is 2.77. The summed E-state index contributed by atoms with van der Waals surface area (Å²) in [6.45, 7) is 0. The van der Waals surface area contributed by atoms with E-state index in [1.165, 1.54) is 12.1 Å². The summed E-state index contributed by atoms with van der Waals surface area (Å²) in [5.74, 6) is 0.714. The number of hydrogen-bond acceptors (Lipinski definition) is 3. The number of non-ortho nitro benzene ring substituents is 1. The first-order chi connectivity index (χ1) is 7.75. The summed E-state index contributed by atoms with van der Waals surface area (Å²) in [4.78, 5) is 17.1. The monoisotopic (exact) mass is 215 g/mol. The van der Waals surface area contributed by atoms with E-state index in [0.29, 0.717) is 5.82 Å². The van der Waals surface area contributed by atoms with E-state index in [2.05, 4.69) is 9.97 Å². The molecule has 5 heteroatoms. The molecule has 1 aromatic carbocycles. The summed E-state index contributed by atoms with van der Waals surface area (Å²) in [7, 11) is 0. The van der Waals surface area contributed by atoms with Gasteiger partial charge in [-0.1, -0.05) is 18.2 Å². The largest absolute Gasteiger partial charge is 0.345 e. The minimum Gasteiger partial charge on any atom is -0.345 e. The molecule has 2 aromatic rings. The van der Waals surface area contributed by atoms with E-state index in [1.54, 1.807) is 36.7 Å². The van der Waals surface area contributed by atoms with Crippen LogP contribution >= 0.6 is 0 Å². The summed E-state index contributed by atoms with van der Waals surface area (Å²) in [6, 6.07) is 6.43. The lowest BCUT2D eigenvalue weighted by Crippen LogP contribution is -1.87. The molecule has 1 heterocycles. The van der Waals surface area contributed by atoms with E-state index in [4.69, 9.17) is 0 Å². The summed E-state index contributed by atoms with van der Waals surface area (Å²) in [5, 5.41) is 10.5. The van der Waals surface area contributed by atoms with Crippen LogP contribution in [0.4, 0.5) is 5.69 Å². The molecule has 0 saturated carbocycles. The van der Waals surface area contributed by atoms with Gasteiger partial charge in [0.25, 0.3) is 5.69 Å². The van der Waals surface area contributed by atoms with Crippen LogP contribution in [0.25, 0.3) is 12.2 Å². The highest BCUT2D eigenvalue weighted by Crippen LogP contribution is 2.14. The van der Waals surface area contributed by atoms with E-state index >= 15 is 0 Å². The van der Waals surface area contributed by atoms with Gasteiger partial charge in [-0.15, -0.1) is 0 Å². The van der Waals surface area contributed by atoms with Crippen molar-refractivity contribution in [3.05, 3.63) is 58.2 Å². The lowest BCUT2D eigenvalue weighted by molar-refractivity contribution is -0.384. The molecular formula is C11H9N3O2. The van der Waals surface area contributed by atoms with Crippen LogP contribution in [-0.4, -0.2) is 14.9 Å². The van der Waals surface area contributed by atoms with Gasteiger partial charge in [-0.2, -0.15) is 0 Å². The smallest absolute Gasteiger partial charge is 0.270 e. The highest BCUT2D eigenvalue weighted by Gasteiger charge is 2.03. The number of aromatic nitrogens is 2. The van der Waals surface area contributed by atoms with E-state index in [0.717, 1.165) is 5.56 Å². The van der Waals surface area contributed by atoms with Crippen LogP contribution in [0.3, 0.4) is 0 Å². The van der Waals surface area contributed by atoms with Gasteiger partial charge in [0.15, 0.2) is 0 Å². The lowest BCUT2D eigenvalue weighted by Gasteiger charge is -1.93. The van der Waals surface area contributed by atoms with E-state index in [9.17, 15) is 10.1 Å². The molecule has 1 aromatic heterocycles. The zero-order valence-electron chi connectivity index (χ0n) is 8.33. The molecule has 0 aliphatic carbocycles. The highest BCUT2D eigenvalue weighted by atomic mass is 16.6. The molecule has 0 fully saturated rings. The van der Waals surface area contributed by atoms with Gasteiger partial charge >= 0.3 is 0 Å². The van der Waals surface area contributed by atoms with Crippen LogP contribution in [0.5, 0.6) is 0 Å². The van der Waals surface area contributed by atoms with Gasteiger partial charge in [0, 0.05) is 24.5 Å². The molecule has 0 atom stereocenters. The maximum absolute atomic E-state index is 10.5. The molecule has 0 bridgehead atoms. The SMILES string of the molecule is O=[N+]([O-])c1cccc(/C=C/c2ncc[nH]2)c1. The molecule has 0 saturated heterocycles. The fourth-order valence-electron chi connectivity index (χ4n) is 1.29. The fourth-order valence-corrected chi connectivity index (χ4v) is 1.29. The standard InChI is InChI=1S/C11H9N3O2/c15-14(16)10-3-1-2-9(8-10)4-5-11-12-6-7-13-11/h1-8H,(H,12,13)/b5-4+. The van der Waals surface area contributed by atoms with Gasteiger partial charge in [0.2, 0.25) is 0 Å². The Balaban J connectivity index is 2.22. The first kappa shape index (κ1) is 10.1. The third-order valence-corrected chi connectivity index (χ3v) is 2.03. The van der Waals surface area contributed by atoms with Crippen LogP contribution in [0.1, 0.15) is 11.4 Å². The van der Waals surface area contributed by atoms with Crippen LogP contribution in [0.15, 0.2) is 36.7 Å². The highest BCUT2D eigenvalue weighted by molar-refractivity contribution is 5.67. The molecule has 1 N–H and O–H groups in total. The van der Waals surface area contributed by atoms with Gasteiger partial charge in [-0.3, -0.25) is 10.1 Å². The number of imidazole rings is 1. The van der Waals surface area contributed by atoms with Crippen molar-refractivity contribution in [2.75, 3.05) is 0 Å². The number of H-pyrrole nitrogens is 1. The van der Waals surface area contributed by atoms with Crippen molar-refractivity contribution in [1.82, 2.24) is 9.97 Å². The van der Waals surface area contributed by atoms with Crippen LogP contribution in [0.2, 0.25) is 0 Å². The predicted octanol–water partition coefficient (Wildman–Crippen LogP) is 2.49. The number of hydrogen-bond donors (Lipinski definition) is 1. The Labute approximate surface area is 91.6 Å². The van der Waals surface area contributed by atoms with Crippen molar-refractivity contribution in [3.8, 4) is 0 Å². The number of benzene rings is 1. The third-order valence-electron chi connectivity index (χ3n) is 2.03. The quantitative estimate of drug-likeness (QED) is 0.631. The van der Waals surface area contributed by atoms with Crippen molar-refractivity contribution in [2.45, 2.75) is 0 Å². The van der Waals surface area contributed by atoms with Gasteiger partial charge in [0.1, 0.15) is 5.82 Å². The Bertz CT molecular complexity index is 518. The molecule has 0 aliphatic rings. The van der Waals surface area contributed by atoms with Crippen molar-refractivity contribution in [2.24, 2.45) is 0 Å². The predicted molar refractivity (Wildman–Crippen MR) is 60.6 cm³/mol. The molecule has 80 valence electrons. The number of nitrogens with one attached hydrogen (secondary N) is 1. The zero-order valence-corrected chi connectivity index (χ0v) is 8.33. The summed E-state index contributed by atoms with van der Waals surface area (Å²) in [6.07, 6.45) is 6.89. The van der Waals surface area contributed by atoms with Crippen LogP contribution in [-0.2, 0) is 0 Å². The maximum atomic E-state index is 10.5. The van der Waals surface area contributed by atoms with Crippen LogP contribution < -0.4 is 0 Å². The lowest BCUT2D eigenvalue weighted by atomic mass is 10.2. The van der Waals surface area contributed by atoms with E-state index in [-0.39, 0.29) is 5.69 Å². The van der Waals surface area contributed by atoms with Gasteiger partial charge in [-0.25, -0.2) is 4.98 Å². The Morgan fingerprint density at radius 1 is 1.38 bits per heavy atom. The zero-order chi connectivity index (χ0) is 11.4. The summed E-state index contributed by atoms with van der Waals surface area (Å²) in [5.41, 5.74) is 0.854. The van der Waals surface area contributed by atoms with E-state index < -0.39 is 4.92 Å². The van der Waals surface area contributed by atoms with Gasteiger partial charge < -0.3 is 4.98 Å². The number of aromatic amines is 1. The second-order valence-corrected chi connectivity index (χ2v) is 3.16. The molecule has 0 spiro atoms. The average Bonchev–Trinajstić information content (AvgIpc) is 2.79. The average molecular weight is 215 g/mol. The summed E-state index contributed by atoms with van der Waals surface area (Å²) < 4.78 is 0. The first-order valence-corrected chi connectivity index (χ1v) is 4.67. The molecule has 5 nitrogen and oxygen atoms in total. The second-order valence-electron chi connectivity index (χ2n) is 3.16. The molecule has 2 rings (SSSR count). The molecule has 16 heavy (non-hydrogen) atoms. The molecule has 0 aliphatic heterocycles. The minimum absolute atomic E-state index is 0.0848. The minimum atomic E-state index is -0.412. The van der Waals surface area contributed by atoms with Crippen molar-refractivity contribution < 1.29 is 4.92 Å². The Morgan fingerprint density at radius 3 is 2.94 bits per heavy atom. The normalized spacial score (nSPS) is 10.8. The molecule has 0 unspecified atom stereocenters. The van der Waals surface area contributed by atoms with Crippen molar-refractivity contribution >= 4 is 17.8 Å². The maximum Gasteiger partial charge on any atom is 0.270 e. The van der Waals surface area contributed by atoms with Crippen molar-refractivity contribution in [3.63, 3.8) is 0 Å². The Morgan fingerprint density at radius 2 is 2.25 bits per heavy atom. The number of rotatable bonds is 3. The molecule has 0 radical (unpaired) electrons. The van der Waals surface area contributed by atoms with E-state index in [1.807, 2.05) is 0 Å². The number of nitro groups is 1. The fraction of sp³-hybridized carbons (Fsp3) is 0. The summed E-state index contributed by atoms with van der Waals surface area (Å²) >= 11 is 0. The molecular weight excluding hydrogens is 206 g/mol. The first-order valence-electron chi connectivity index (χ1n) is 4.67. The number of nitro benzene ring substituents is 1. The Hall–Kier alpha value is -2.43. The topological polar surface area (TPSA) is 71.8 Å². The van der Waals surface area contributed by atoms with Gasteiger partial charge in [0.05, 0.1) is 4.92 Å². The third kappa shape index (κ3) is 2.33.